The quantitative estimate of drug-likeness (QED) is 0.192. The molecule has 6 rings (SSSR count). The third-order valence-electron chi connectivity index (χ3n) is 7.21. The van der Waals surface area contributed by atoms with Gasteiger partial charge in [-0.3, -0.25) is 0 Å². The fraction of sp³-hybridized carbons (Fsp3) is 0.152. The summed E-state index contributed by atoms with van der Waals surface area (Å²) in [6, 6.07) is 33.3. The number of nitrogens with zero attached hydrogens (tertiary/aromatic N) is 1. The molecule has 5 aromatic carbocycles. The predicted molar refractivity (Wildman–Crippen MR) is 157 cm³/mol. The molecule has 0 atom stereocenters. The van der Waals surface area contributed by atoms with Crippen molar-refractivity contribution in [3.05, 3.63) is 130 Å². The van der Waals surface area contributed by atoms with Crippen LogP contribution in [0, 0.1) is 20.8 Å². The van der Waals surface area contributed by atoms with Gasteiger partial charge in [0, 0.05) is 0 Å². The van der Waals surface area contributed by atoms with Crippen molar-refractivity contribution in [2.45, 2.75) is 33.7 Å². The molecule has 5 aromatic rings. The average molecular weight is 557 g/mol. The Bertz CT molecular complexity index is 1570. The fourth-order valence-electron chi connectivity index (χ4n) is 5.75. The van der Waals surface area contributed by atoms with Crippen LogP contribution in [0.2, 0.25) is 0 Å². The van der Waals surface area contributed by atoms with E-state index in [0.717, 1.165) is 12.1 Å². The van der Waals surface area contributed by atoms with Crippen LogP contribution in [0.4, 0.5) is 5.69 Å². The van der Waals surface area contributed by atoms with E-state index in [1.807, 2.05) is 0 Å². The van der Waals surface area contributed by atoms with Crippen LogP contribution in [0.3, 0.4) is 0 Å². The summed E-state index contributed by atoms with van der Waals surface area (Å²) in [6.07, 6.45) is 0.987. The van der Waals surface area contributed by atoms with Crippen molar-refractivity contribution in [3.63, 3.8) is 0 Å². The van der Waals surface area contributed by atoms with Crippen LogP contribution < -0.4 is 0 Å². The molecule has 0 spiro atoms. The summed E-state index contributed by atoms with van der Waals surface area (Å²) in [6.45, 7) is 7.16. The summed E-state index contributed by atoms with van der Waals surface area (Å²) in [5.41, 5.74) is 14.4. The van der Waals surface area contributed by atoms with Crippen molar-refractivity contribution < 1.29 is 17.0 Å². The zero-order chi connectivity index (χ0) is 25.9. The minimum atomic E-state index is -0.556. The Hall–Kier alpha value is -2.55. The van der Waals surface area contributed by atoms with E-state index >= 15 is 0 Å². The molecule has 0 heterocycles. The molecule has 0 radical (unpaired) electrons. The zero-order valence-corrected chi connectivity index (χ0v) is 24.4. The van der Waals surface area contributed by atoms with Crippen LogP contribution in [0.15, 0.2) is 91.0 Å². The zero-order valence-electron chi connectivity index (χ0n) is 21.3. The van der Waals surface area contributed by atoms with Crippen molar-refractivity contribution >= 4 is 35.1 Å². The Balaban J connectivity index is 0.000000892. The predicted octanol–water partition coefficient (Wildman–Crippen LogP) is 10.6. The van der Waals surface area contributed by atoms with Crippen LogP contribution in [0.5, 0.6) is 0 Å². The van der Waals surface area contributed by atoms with Gasteiger partial charge in [-0.1, -0.05) is 108 Å². The molecule has 0 saturated carbocycles. The van der Waals surface area contributed by atoms with Crippen LogP contribution in [0.25, 0.3) is 38.3 Å². The summed E-state index contributed by atoms with van der Waals surface area (Å²) in [5, 5.41) is 7.75. The molecule has 0 bridgehead atoms. The molecule has 0 aliphatic heterocycles. The molecular weight excluding hydrogens is 529 g/mol. The van der Waals surface area contributed by atoms with Crippen LogP contribution >= 0.6 is 18.6 Å². The molecule has 1 aliphatic carbocycles. The van der Waals surface area contributed by atoms with E-state index in [1.165, 1.54) is 66.4 Å². The summed E-state index contributed by atoms with van der Waals surface area (Å²) in [5.74, 6) is 0. The van der Waals surface area contributed by atoms with E-state index in [9.17, 15) is 0 Å². The molecule has 0 amide bonds. The van der Waals surface area contributed by atoms with Crippen molar-refractivity contribution in [1.29, 1.82) is 0 Å². The number of hydrogen-bond donors (Lipinski definition) is 0. The second kappa shape index (κ2) is 11.5. The maximum absolute atomic E-state index is 5.19. The SMILES string of the molecule is Cc1cc(C)c([N-]Cc2c(-c3cccc4c3Cc3ccccc3-4)ccc3ccccc23)c(C)c1.[Cl][Ti][Cl]. The number of benzene rings is 5. The Kier molecular flexibility index (Phi) is 8.08. The monoisotopic (exact) mass is 556 g/mol. The molecule has 0 unspecified atom stereocenters. The van der Waals surface area contributed by atoms with E-state index in [0.29, 0.717) is 6.54 Å². The van der Waals surface area contributed by atoms with Crippen molar-refractivity contribution in [2.24, 2.45) is 0 Å². The van der Waals surface area contributed by atoms with E-state index in [2.05, 4.69) is 112 Å². The maximum atomic E-state index is 5.19. The molecule has 184 valence electrons. The van der Waals surface area contributed by atoms with Crippen molar-refractivity contribution in [1.82, 2.24) is 0 Å². The van der Waals surface area contributed by atoms with E-state index in [4.69, 9.17) is 23.9 Å². The van der Waals surface area contributed by atoms with Gasteiger partial charge in [-0.2, -0.15) is 0 Å². The van der Waals surface area contributed by atoms with E-state index < -0.39 is 17.0 Å². The molecule has 0 fully saturated rings. The van der Waals surface area contributed by atoms with Gasteiger partial charge < -0.3 is 5.32 Å². The number of halogens is 2. The summed E-state index contributed by atoms with van der Waals surface area (Å²) in [4.78, 5) is 0. The Labute approximate surface area is 236 Å². The van der Waals surface area contributed by atoms with Gasteiger partial charge in [0.25, 0.3) is 0 Å². The first-order chi connectivity index (χ1) is 18.0. The van der Waals surface area contributed by atoms with Crippen molar-refractivity contribution in [2.75, 3.05) is 0 Å². The summed E-state index contributed by atoms with van der Waals surface area (Å²) in [7, 11) is 9.78. The van der Waals surface area contributed by atoms with E-state index in [1.54, 1.807) is 0 Å². The third kappa shape index (κ3) is 5.24. The first-order valence-corrected chi connectivity index (χ1v) is 16.7. The van der Waals surface area contributed by atoms with Gasteiger partial charge in [0.2, 0.25) is 0 Å². The van der Waals surface area contributed by atoms with Crippen LogP contribution in [-0.2, 0) is 30.0 Å². The fourth-order valence-corrected chi connectivity index (χ4v) is 5.75. The molecule has 0 saturated heterocycles. The molecule has 1 nitrogen and oxygen atoms in total. The molecule has 0 N–H and O–H groups in total. The molecule has 1 aliphatic rings. The number of hydrogen-bond acceptors (Lipinski definition) is 0. The van der Waals surface area contributed by atoms with Crippen LogP contribution in [-0.4, -0.2) is 0 Å². The van der Waals surface area contributed by atoms with Gasteiger partial charge in [0.1, 0.15) is 0 Å². The normalized spacial score (nSPS) is 11.4. The molecule has 0 aromatic heterocycles. The van der Waals surface area contributed by atoms with Crippen molar-refractivity contribution in [3.8, 4) is 22.3 Å². The third-order valence-corrected chi connectivity index (χ3v) is 7.21. The first kappa shape index (κ1) is 26.1. The number of fused-ring (bicyclic) bond motifs is 4. The molecule has 37 heavy (non-hydrogen) atoms. The minimum absolute atomic E-state index is 0.556. The van der Waals surface area contributed by atoms with Gasteiger partial charge in [0.15, 0.2) is 0 Å². The second-order valence-corrected chi connectivity index (χ2v) is 12.2. The molecule has 4 heteroatoms. The summed E-state index contributed by atoms with van der Waals surface area (Å²) >= 11 is -0.556. The van der Waals surface area contributed by atoms with Gasteiger partial charge in [-0.15, -0.1) is 12.2 Å². The Morgan fingerprint density at radius 2 is 1.32 bits per heavy atom. The Morgan fingerprint density at radius 3 is 2.08 bits per heavy atom. The topological polar surface area (TPSA) is 14.1 Å². The van der Waals surface area contributed by atoms with Gasteiger partial charge in [-0.25, -0.2) is 0 Å². The summed E-state index contributed by atoms with van der Waals surface area (Å²) < 4.78 is 0. The molecular formula is C33H28Cl2NTi-. The second-order valence-electron chi connectivity index (χ2n) is 9.61. The first-order valence-electron chi connectivity index (χ1n) is 12.4. The standard InChI is InChI=1S/C33H28N.2ClH.Ti/c1-21-17-22(2)33(23(3)18-21)34-20-32-26-11-6-4-9-24(26)15-16-30(32)29-14-8-13-28-27-12-7-5-10-25(27)19-31(28)29;;;/h4-18H,19-20H2,1-3H3;2*1H;/q-1;;;+2/p-2. The van der Waals surface area contributed by atoms with Crippen LogP contribution in [0.1, 0.15) is 33.4 Å². The number of rotatable bonds is 4. The van der Waals surface area contributed by atoms with Gasteiger partial charge >= 0.3 is 35.6 Å². The Morgan fingerprint density at radius 1 is 0.703 bits per heavy atom. The van der Waals surface area contributed by atoms with E-state index in [-0.39, 0.29) is 0 Å². The van der Waals surface area contributed by atoms with Gasteiger partial charge in [-0.05, 0) is 76.9 Å². The average Bonchev–Trinajstić information content (AvgIpc) is 3.27. The van der Waals surface area contributed by atoms with Gasteiger partial charge in [0.05, 0.1) is 0 Å². The number of aryl methyl sites for hydroxylation is 3.